The molecule has 0 radical (unpaired) electrons. The summed E-state index contributed by atoms with van der Waals surface area (Å²) in [6.45, 7) is 3.74. The van der Waals surface area contributed by atoms with Crippen molar-refractivity contribution in [2.75, 3.05) is 26.2 Å². The lowest BCUT2D eigenvalue weighted by molar-refractivity contribution is -0.902. The first-order chi connectivity index (χ1) is 10.8. The molecule has 22 heavy (non-hydrogen) atoms. The van der Waals surface area contributed by atoms with E-state index in [0.717, 1.165) is 19.4 Å². The second kappa shape index (κ2) is 8.09. The molecule has 1 fully saturated rings. The number of fused-ring (bicyclic) bond motifs is 1. The fourth-order valence-electron chi connectivity index (χ4n) is 3.93. The molecule has 1 saturated heterocycles. The van der Waals surface area contributed by atoms with Gasteiger partial charge in [0.05, 0.1) is 25.8 Å². The number of benzene rings is 1. The quantitative estimate of drug-likeness (QED) is 0.871. The van der Waals surface area contributed by atoms with Crippen LogP contribution in [-0.2, 0) is 11.2 Å². The molecule has 0 spiro atoms. The SMILES string of the molecule is O[C@H](CO[C@@H]1CCCc2ccccc21)C[NH+]1CCCCCC1. The molecule has 3 nitrogen and oxygen atoms in total. The van der Waals surface area contributed by atoms with Gasteiger partial charge in [0.15, 0.2) is 0 Å². The van der Waals surface area contributed by atoms with E-state index in [2.05, 4.69) is 24.3 Å². The molecule has 2 aliphatic rings. The van der Waals surface area contributed by atoms with Gasteiger partial charge in [-0.15, -0.1) is 0 Å². The second-order valence-corrected chi connectivity index (χ2v) is 6.94. The summed E-state index contributed by atoms with van der Waals surface area (Å²) < 4.78 is 6.08. The molecule has 1 heterocycles. The van der Waals surface area contributed by atoms with E-state index in [1.165, 1.54) is 56.3 Å². The van der Waals surface area contributed by atoms with Crippen LogP contribution in [0.25, 0.3) is 0 Å². The van der Waals surface area contributed by atoms with Gasteiger partial charge in [-0.25, -0.2) is 0 Å². The molecule has 0 aromatic heterocycles. The van der Waals surface area contributed by atoms with Crippen molar-refractivity contribution in [3.8, 4) is 0 Å². The molecule has 1 aromatic rings. The first-order valence-corrected chi connectivity index (χ1v) is 9.04. The molecule has 2 N–H and O–H groups in total. The van der Waals surface area contributed by atoms with E-state index in [4.69, 9.17) is 4.74 Å². The lowest BCUT2D eigenvalue weighted by atomic mass is 9.89. The molecule has 0 bridgehead atoms. The van der Waals surface area contributed by atoms with Crippen LogP contribution in [0, 0.1) is 0 Å². The van der Waals surface area contributed by atoms with Crippen molar-refractivity contribution >= 4 is 0 Å². The summed E-state index contributed by atoms with van der Waals surface area (Å²) in [7, 11) is 0. The Morgan fingerprint density at radius 3 is 2.68 bits per heavy atom. The van der Waals surface area contributed by atoms with E-state index >= 15 is 0 Å². The highest BCUT2D eigenvalue weighted by Crippen LogP contribution is 2.32. The second-order valence-electron chi connectivity index (χ2n) is 6.94. The highest BCUT2D eigenvalue weighted by Gasteiger charge is 2.23. The van der Waals surface area contributed by atoms with Gasteiger partial charge in [-0.05, 0) is 56.1 Å². The number of aryl methyl sites for hydroxylation is 1. The predicted molar refractivity (Wildman–Crippen MR) is 88.1 cm³/mol. The average Bonchev–Trinajstić information content (AvgIpc) is 2.81. The molecule has 0 amide bonds. The molecule has 3 heteroatoms. The number of hydrogen-bond acceptors (Lipinski definition) is 2. The smallest absolute Gasteiger partial charge is 0.126 e. The third-order valence-corrected chi connectivity index (χ3v) is 5.14. The number of aliphatic hydroxyl groups excluding tert-OH is 1. The monoisotopic (exact) mass is 304 g/mol. The third kappa shape index (κ3) is 4.31. The molecule has 1 aliphatic heterocycles. The first-order valence-electron chi connectivity index (χ1n) is 9.04. The summed E-state index contributed by atoms with van der Waals surface area (Å²) in [5.41, 5.74) is 2.76. The predicted octanol–water partition coefficient (Wildman–Crippen LogP) is 1.90. The summed E-state index contributed by atoms with van der Waals surface area (Å²) in [4.78, 5) is 1.55. The van der Waals surface area contributed by atoms with Crippen LogP contribution in [0.15, 0.2) is 24.3 Å². The van der Waals surface area contributed by atoms with Crippen molar-refractivity contribution < 1.29 is 14.7 Å². The minimum Gasteiger partial charge on any atom is -0.385 e. The van der Waals surface area contributed by atoms with E-state index in [9.17, 15) is 5.11 Å². The van der Waals surface area contributed by atoms with Crippen molar-refractivity contribution in [2.45, 2.75) is 57.2 Å². The molecule has 1 aromatic carbocycles. The van der Waals surface area contributed by atoms with Crippen LogP contribution in [0.3, 0.4) is 0 Å². The van der Waals surface area contributed by atoms with Crippen LogP contribution in [0.1, 0.15) is 55.8 Å². The van der Waals surface area contributed by atoms with Gasteiger partial charge < -0.3 is 14.7 Å². The van der Waals surface area contributed by atoms with Crippen LogP contribution in [0.5, 0.6) is 0 Å². The lowest BCUT2D eigenvalue weighted by Crippen LogP contribution is -3.13. The third-order valence-electron chi connectivity index (χ3n) is 5.14. The van der Waals surface area contributed by atoms with Crippen LogP contribution >= 0.6 is 0 Å². The Bertz CT molecular complexity index is 455. The zero-order chi connectivity index (χ0) is 15.2. The molecule has 0 saturated carbocycles. The van der Waals surface area contributed by atoms with Crippen LogP contribution < -0.4 is 4.90 Å². The fourth-order valence-corrected chi connectivity index (χ4v) is 3.93. The van der Waals surface area contributed by atoms with E-state index in [0.29, 0.717) is 6.61 Å². The molecular formula is C19H30NO2+. The highest BCUT2D eigenvalue weighted by molar-refractivity contribution is 5.31. The Morgan fingerprint density at radius 1 is 1.09 bits per heavy atom. The topological polar surface area (TPSA) is 33.9 Å². The number of nitrogens with one attached hydrogen (secondary N) is 1. The van der Waals surface area contributed by atoms with Gasteiger partial charge in [-0.2, -0.15) is 0 Å². The first kappa shape index (κ1) is 16.0. The number of hydrogen-bond donors (Lipinski definition) is 2. The van der Waals surface area contributed by atoms with Crippen molar-refractivity contribution in [1.29, 1.82) is 0 Å². The molecule has 1 aliphatic carbocycles. The molecule has 3 rings (SSSR count). The van der Waals surface area contributed by atoms with Gasteiger partial charge in [0.25, 0.3) is 0 Å². The van der Waals surface area contributed by atoms with Gasteiger partial charge in [0.1, 0.15) is 12.6 Å². The Morgan fingerprint density at radius 2 is 1.86 bits per heavy atom. The standard InChI is InChI=1S/C19H29NO2/c21-17(14-20-12-5-1-2-6-13-20)15-22-19-11-7-9-16-8-3-4-10-18(16)19/h3-4,8,10,17,19,21H,1-2,5-7,9,11-15H2/p+1/t17-,19+/m0/s1. The largest absolute Gasteiger partial charge is 0.385 e. The van der Waals surface area contributed by atoms with Gasteiger partial charge in [0.2, 0.25) is 0 Å². The van der Waals surface area contributed by atoms with Gasteiger partial charge in [0, 0.05) is 0 Å². The highest BCUT2D eigenvalue weighted by atomic mass is 16.5. The van der Waals surface area contributed by atoms with E-state index < -0.39 is 0 Å². The summed E-state index contributed by atoms with van der Waals surface area (Å²) in [6.07, 6.45) is 8.61. The maximum absolute atomic E-state index is 10.3. The Hall–Kier alpha value is -0.900. The summed E-state index contributed by atoms with van der Waals surface area (Å²) >= 11 is 0. The summed E-state index contributed by atoms with van der Waals surface area (Å²) in [6, 6.07) is 8.60. The van der Waals surface area contributed by atoms with E-state index in [1.54, 1.807) is 4.90 Å². The molecular weight excluding hydrogens is 274 g/mol. The van der Waals surface area contributed by atoms with Crippen molar-refractivity contribution in [3.63, 3.8) is 0 Å². The summed E-state index contributed by atoms with van der Waals surface area (Å²) in [5.74, 6) is 0. The van der Waals surface area contributed by atoms with Crippen molar-refractivity contribution in [1.82, 2.24) is 0 Å². The lowest BCUT2D eigenvalue weighted by Gasteiger charge is -2.27. The zero-order valence-electron chi connectivity index (χ0n) is 13.6. The average molecular weight is 304 g/mol. The van der Waals surface area contributed by atoms with E-state index in [-0.39, 0.29) is 12.2 Å². The van der Waals surface area contributed by atoms with Crippen LogP contribution in [0.4, 0.5) is 0 Å². The van der Waals surface area contributed by atoms with Crippen LogP contribution in [0.2, 0.25) is 0 Å². The van der Waals surface area contributed by atoms with Crippen molar-refractivity contribution in [2.24, 2.45) is 0 Å². The molecule has 122 valence electrons. The Kier molecular flexibility index (Phi) is 5.88. The minimum atomic E-state index is -0.331. The van der Waals surface area contributed by atoms with Gasteiger partial charge in [-0.1, -0.05) is 24.3 Å². The van der Waals surface area contributed by atoms with E-state index in [1.807, 2.05) is 0 Å². The molecule has 0 unspecified atom stereocenters. The van der Waals surface area contributed by atoms with Crippen molar-refractivity contribution in [3.05, 3.63) is 35.4 Å². The Balaban J connectivity index is 1.48. The number of quaternary nitrogens is 1. The number of aliphatic hydroxyl groups is 1. The maximum atomic E-state index is 10.3. The zero-order valence-corrected chi connectivity index (χ0v) is 13.6. The summed E-state index contributed by atoms with van der Waals surface area (Å²) in [5, 5.41) is 10.3. The van der Waals surface area contributed by atoms with Gasteiger partial charge >= 0.3 is 0 Å². The molecule has 2 atom stereocenters. The normalized spacial score (nSPS) is 24.5. The number of likely N-dealkylation sites (tertiary alicyclic amines) is 1. The number of ether oxygens (including phenoxy) is 1. The minimum absolute atomic E-state index is 0.179. The van der Waals surface area contributed by atoms with Gasteiger partial charge in [-0.3, -0.25) is 0 Å². The van der Waals surface area contributed by atoms with Crippen LogP contribution in [-0.4, -0.2) is 37.5 Å². The Labute approximate surface area is 134 Å². The maximum Gasteiger partial charge on any atom is 0.126 e. The fraction of sp³-hybridized carbons (Fsp3) is 0.684. The number of rotatable bonds is 5.